The van der Waals surface area contributed by atoms with Crippen molar-refractivity contribution in [2.24, 2.45) is 5.41 Å². The number of rotatable bonds is 5. The first-order valence-corrected chi connectivity index (χ1v) is 5.91. The third kappa shape index (κ3) is 3.71. The average molecular weight is 265 g/mol. The largest absolute Gasteiger partial charge is 0.497 e. The van der Waals surface area contributed by atoms with Crippen molar-refractivity contribution in [2.75, 3.05) is 14.2 Å². The highest BCUT2D eigenvalue weighted by Gasteiger charge is 2.36. The zero-order chi connectivity index (χ0) is 14.5. The van der Waals surface area contributed by atoms with Crippen molar-refractivity contribution in [1.82, 2.24) is 5.32 Å². The van der Waals surface area contributed by atoms with Gasteiger partial charge in [0.05, 0.1) is 14.2 Å². The molecular weight excluding hydrogens is 246 g/mol. The van der Waals surface area contributed by atoms with Crippen LogP contribution in [0.4, 0.5) is 0 Å². The predicted molar refractivity (Wildman–Crippen MR) is 70.6 cm³/mol. The van der Waals surface area contributed by atoms with Crippen molar-refractivity contribution in [3.8, 4) is 5.75 Å². The summed E-state index contributed by atoms with van der Waals surface area (Å²) in [6, 6.07) is 7.33. The molecule has 0 aliphatic carbocycles. The molecule has 0 spiro atoms. The number of amides is 1. The van der Waals surface area contributed by atoms with Crippen molar-refractivity contribution in [1.29, 1.82) is 0 Å². The minimum absolute atomic E-state index is 0.350. The number of hydrogen-bond acceptors (Lipinski definition) is 4. The molecule has 0 saturated carbocycles. The first-order chi connectivity index (χ1) is 8.91. The van der Waals surface area contributed by atoms with Crippen LogP contribution in [0.15, 0.2) is 24.3 Å². The van der Waals surface area contributed by atoms with E-state index in [1.807, 2.05) is 24.3 Å². The lowest BCUT2D eigenvalue weighted by Crippen LogP contribution is -2.42. The smallest absolute Gasteiger partial charge is 0.320 e. The van der Waals surface area contributed by atoms with Crippen LogP contribution in [0.5, 0.6) is 5.75 Å². The zero-order valence-corrected chi connectivity index (χ0v) is 11.6. The van der Waals surface area contributed by atoms with Gasteiger partial charge in [0.1, 0.15) is 11.2 Å². The molecule has 1 N–H and O–H groups in total. The Balaban J connectivity index is 2.60. The number of carbonyl (C=O) groups excluding carboxylic acids is 2. The second-order valence-electron chi connectivity index (χ2n) is 4.65. The number of carbonyl (C=O) groups is 2. The maximum absolute atomic E-state index is 11.9. The summed E-state index contributed by atoms with van der Waals surface area (Å²) >= 11 is 0. The maximum Gasteiger partial charge on any atom is 0.320 e. The highest BCUT2D eigenvalue weighted by Crippen LogP contribution is 2.17. The van der Waals surface area contributed by atoms with E-state index < -0.39 is 11.4 Å². The molecule has 1 aromatic carbocycles. The molecule has 0 aromatic heterocycles. The summed E-state index contributed by atoms with van der Waals surface area (Å²) < 4.78 is 9.65. The molecule has 0 unspecified atom stereocenters. The SMILES string of the molecule is COC(=O)C(C)(C)C(=O)NCc1ccc(OC)cc1. The van der Waals surface area contributed by atoms with Gasteiger partial charge in [0.15, 0.2) is 0 Å². The molecule has 0 saturated heterocycles. The molecule has 0 aliphatic rings. The summed E-state index contributed by atoms with van der Waals surface area (Å²) in [5.74, 6) is -0.167. The molecule has 19 heavy (non-hydrogen) atoms. The third-order valence-corrected chi connectivity index (χ3v) is 2.88. The Kier molecular flexibility index (Phi) is 4.92. The quantitative estimate of drug-likeness (QED) is 0.647. The van der Waals surface area contributed by atoms with Crippen LogP contribution in [0, 0.1) is 5.41 Å². The van der Waals surface area contributed by atoms with Crippen molar-refractivity contribution >= 4 is 11.9 Å². The van der Waals surface area contributed by atoms with Gasteiger partial charge in [0, 0.05) is 6.54 Å². The number of esters is 1. The molecule has 5 nitrogen and oxygen atoms in total. The highest BCUT2D eigenvalue weighted by atomic mass is 16.5. The number of ether oxygens (including phenoxy) is 2. The lowest BCUT2D eigenvalue weighted by atomic mass is 9.92. The van der Waals surface area contributed by atoms with Crippen LogP contribution in [0.1, 0.15) is 19.4 Å². The summed E-state index contributed by atoms with van der Waals surface area (Å²) in [7, 11) is 2.86. The van der Waals surface area contributed by atoms with Crippen LogP contribution in [0.25, 0.3) is 0 Å². The summed E-state index contributed by atoms with van der Waals surface area (Å²) in [6.07, 6.45) is 0. The van der Waals surface area contributed by atoms with E-state index in [9.17, 15) is 9.59 Å². The van der Waals surface area contributed by atoms with Gasteiger partial charge in [-0.15, -0.1) is 0 Å². The van der Waals surface area contributed by atoms with E-state index in [4.69, 9.17) is 4.74 Å². The number of benzene rings is 1. The Morgan fingerprint density at radius 1 is 1.16 bits per heavy atom. The van der Waals surface area contributed by atoms with Crippen molar-refractivity contribution in [2.45, 2.75) is 20.4 Å². The van der Waals surface area contributed by atoms with E-state index in [-0.39, 0.29) is 5.91 Å². The molecular formula is C14H19NO4. The van der Waals surface area contributed by atoms with Crippen molar-refractivity contribution in [3.63, 3.8) is 0 Å². The first-order valence-electron chi connectivity index (χ1n) is 5.91. The summed E-state index contributed by atoms with van der Waals surface area (Å²) in [4.78, 5) is 23.4. The van der Waals surface area contributed by atoms with Crippen LogP contribution >= 0.6 is 0 Å². The number of methoxy groups -OCH3 is 2. The van der Waals surface area contributed by atoms with Crippen LogP contribution in [0.3, 0.4) is 0 Å². The minimum atomic E-state index is -1.19. The summed E-state index contributed by atoms with van der Waals surface area (Å²) in [6.45, 7) is 3.41. The first kappa shape index (κ1) is 15.0. The monoisotopic (exact) mass is 265 g/mol. The summed E-state index contributed by atoms with van der Waals surface area (Å²) in [5, 5.41) is 2.71. The van der Waals surface area contributed by atoms with Gasteiger partial charge in [-0.3, -0.25) is 9.59 Å². The van der Waals surface area contributed by atoms with Crippen LogP contribution in [-0.2, 0) is 20.9 Å². The van der Waals surface area contributed by atoms with E-state index in [2.05, 4.69) is 10.1 Å². The Bertz CT molecular complexity index is 451. The van der Waals surface area contributed by atoms with E-state index in [0.29, 0.717) is 6.54 Å². The third-order valence-electron chi connectivity index (χ3n) is 2.88. The number of hydrogen-bond donors (Lipinski definition) is 1. The molecule has 1 amide bonds. The molecule has 0 bridgehead atoms. The molecule has 0 atom stereocenters. The van der Waals surface area contributed by atoms with E-state index in [1.54, 1.807) is 7.11 Å². The van der Waals surface area contributed by atoms with Gasteiger partial charge < -0.3 is 14.8 Å². The standard InChI is InChI=1S/C14H19NO4/c1-14(2,13(17)19-4)12(16)15-9-10-5-7-11(18-3)8-6-10/h5-8H,9H2,1-4H3,(H,15,16). The normalized spacial score (nSPS) is 10.7. The van der Waals surface area contributed by atoms with E-state index >= 15 is 0 Å². The second-order valence-corrected chi connectivity index (χ2v) is 4.65. The Hall–Kier alpha value is -2.04. The molecule has 0 fully saturated rings. The Labute approximate surface area is 112 Å². The molecule has 5 heteroatoms. The topological polar surface area (TPSA) is 64.6 Å². The van der Waals surface area contributed by atoms with E-state index in [0.717, 1.165) is 11.3 Å². The molecule has 1 aromatic rings. The molecule has 0 heterocycles. The fourth-order valence-corrected chi connectivity index (χ4v) is 1.49. The fraction of sp³-hybridized carbons (Fsp3) is 0.429. The zero-order valence-electron chi connectivity index (χ0n) is 11.6. The van der Waals surface area contributed by atoms with Gasteiger partial charge in [-0.05, 0) is 31.5 Å². The average Bonchev–Trinajstić information content (AvgIpc) is 2.44. The molecule has 0 aliphatic heterocycles. The molecule has 104 valence electrons. The van der Waals surface area contributed by atoms with Crippen molar-refractivity contribution < 1.29 is 19.1 Å². The van der Waals surface area contributed by atoms with Gasteiger partial charge in [-0.2, -0.15) is 0 Å². The lowest BCUT2D eigenvalue weighted by Gasteiger charge is -2.20. The fourth-order valence-electron chi connectivity index (χ4n) is 1.49. The van der Waals surface area contributed by atoms with Gasteiger partial charge in [0.2, 0.25) is 5.91 Å². The van der Waals surface area contributed by atoms with E-state index in [1.165, 1.54) is 21.0 Å². The van der Waals surface area contributed by atoms with Crippen molar-refractivity contribution in [3.05, 3.63) is 29.8 Å². The minimum Gasteiger partial charge on any atom is -0.497 e. The van der Waals surface area contributed by atoms with Gasteiger partial charge in [-0.25, -0.2) is 0 Å². The van der Waals surface area contributed by atoms with Gasteiger partial charge >= 0.3 is 5.97 Å². The van der Waals surface area contributed by atoms with Gasteiger partial charge in [0.25, 0.3) is 0 Å². The maximum atomic E-state index is 11.9. The van der Waals surface area contributed by atoms with Crippen LogP contribution in [0.2, 0.25) is 0 Å². The molecule has 0 radical (unpaired) electrons. The van der Waals surface area contributed by atoms with Crippen LogP contribution < -0.4 is 10.1 Å². The number of nitrogens with one attached hydrogen (secondary N) is 1. The van der Waals surface area contributed by atoms with Crippen LogP contribution in [-0.4, -0.2) is 26.1 Å². The second kappa shape index (κ2) is 6.22. The summed E-state index contributed by atoms with van der Waals surface area (Å²) in [5.41, 5.74) is -0.267. The molecule has 1 rings (SSSR count). The lowest BCUT2D eigenvalue weighted by molar-refractivity contribution is -0.156. The Morgan fingerprint density at radius 3 is 2.21 bits per heavy atom. The Morgan fingerprint density at radius 2 is 1.74 bits per heavy atom. The predicted octanol–water partition coefficient (Wildman–Crippen LogP) is 1.51. The van der Waals surface area contributed by atoms with Gasteiger partial charge in [-0.1, -0.05) is 12.1 Å². The highest BCUT2D eigenvalue weighted by molar-refractivity contribution is 6.01.